The van der Waals surface area contributed by atoms with E-state index in [0.29, 0.717) is 6.61 Å². The van der Waals surface area contributed by atoms with Crippen molar-refractivity contribution in [2.75, 3.05) is 26.0 Å². The summed E-state index contributed by atoms with van der Waals surface area (Å²) in [6.45, 7) is 4.41. The highest BCUT2D eigenvalue weighted by atomic mass is 16.5. The van der Waals surface area contributed by atoms with Gasteiger partial charge in [0.15, 0.2) is 0 Å². The maximum absolute atomic E-state index is 11.5. The minimum absolute atomic E-state index is 0.000648. The first kappa shape index (κ1) is 16.9. The molecule has 2 rings (SSSR count). The fraction of sp³-hybridized carbons (Fsp3) is 0.389. The van der Waals surface area contributed by atoms with Gasteiger partial charge in [-0.25, -0.2) is 4.79 Å². The molecule has 1 aromatic rings. The number of anilines is 1. The molecular formula is C18H25N3O2. The summed E-state index contributed by atoms with van der Waals surface area (Å²) in [6.07, 6.45) is 2.39. The second-order valence-corrected chi connectivity index (χ2v) is 5.61. The minimum Gasteiger partial charge on any atom is -0.449 e. The van der Waals surface area contributed by atoms with Crippen LogP contribution in [0.3, 0.4) is 0 Å². The molecule has 5 heteroatoms. The summed E-state index contributed by atoms with van der Waals surface area (Å²) in [5.74, 6) is 0.000648. The molecule has 1 aromatic carbocycles. The molecule has 23 heavy (non-hydrogen) atoms. The largest absolute Gasteiger partial charge is 0.449 e. The molecular weight excluding hydrogens is 290 g/mol. The third-order valence-corrected chi connectivity index (χ3v) is 4.26. The van der Waals surface area contributed by atoms with E-state index in [0.717, 1.165) is 28.9 Å². The summed E-state index contributed by atoms with van der Waals surface area (Å²) in [5.41, 5.74) is 12.6. The van der Waals surface area contributed by atoms with E-state index in [2.05, 4.69) is 35.8 Å². The number of carbonyl (C=O) groups excluding carboxylic acids is 1. The maximum atomic E-state index is 11.5. The van der Waals surface area contributed by atoms with Crippen LogP contribution < -0.4 is 16.4 Å². The van der Waals surface area contributed by atoms with Crippen LogP contribution in [0, 0.1) is 0 Å². The van der Waals surface area contributed by atoms with Crippen molar-refractivity contribution in [3.63, 3.8) is 0 Å². The van der Waals surface area contributed by atoms with Crippen LogP contribution in [0.4, 0.5) is 10.5 Å². The van der Waals surface area contributed by atoms with Crippen molar-refractivity contribution in [2.24, 2.45) is 5.73 Å². The summed E-state index contributed by atoms with van der Waals surface area (Å²) in [7, 11) is 3.45. The van der Waals surface area contributed by atoms with E-state index in [-0.39, 0.29) is 5.92 Å². The first-order valence-corrected chi connectivity index (χ1v) is 7.85. The van der Waals surface area contributed by atoms with Crippen LogP contribution in [0.1, 0.15) is 37.3 Å². The number of amides is 1. The Hall–Kier alpha value is -2.43. The zero-order valence-electron chi connectivity index (χ0n) is 14.2. The lowest BCUT2D eigenvalue weighted by Crippen LogP contribution is -2.22. The molecule has 0 radical (unpaired) electrons. The molecule has 1 aliphatic rings. The van der Waals surface area contributed by atoms with Crippen LogP contribution in [-0.4, -0.2) is 26.8 Å². The van der Waals surface area contributed by atoms with Gasteiger partial charge in [-0.1, -0.05) is 13.0 Å². The molecule has 1 aliphatic carbocycles. The standard InChI is InChI=1S/C18H25N3O2/c1-5-12(19)8-15-11(2)14-7-6-13(20-3)9-16(14)17(15)10-23-18(22)21-4/h6-9,17,20H,5,10,19H2,1-4H3,(H,21,22)/b12-8+. The van der Waals surface area contributed by atoms with Gasteiger partial charge in [0.1, 0.15) is 6.61 Å². The number of nitrogens with one attached hydrogen (secondary N) is 2. The minimum atomic E-state index is -0.423. The number of nitrogens with two attached hydrogens (primary N) is 1. The van der Waals surface area contributed by atoms with Crippen LogP contribution in [-0.2, 0) is 4.74 Å². The van der Waals surface area contributed by atoms with Crippen molar-refractivity contribution < 1.29 is 9.53 Å². The van der Waals surface area contributed by atoms with Crippen LogP contribution in [0.2, 0.25) is 0 Å². The Morgan fingerprint density at radius 1 is 1.39 bits per heavy atom. The zero-order valence-corrected chi connectivity index (χ0v) is 14.2. The van der Waals surface area contributed by atoms with Gasteiger partial charge in [0, 0.05) is 31.4 Å². The van der Waals surface area contributed by atoms with Crippen molar-refractivity contribution in [1.29, 1.82) is 0 Å². The summed E-state index contributed by atoms with van der Waals surface area (Å²) < 4.78 is 5.32. The Morgan fingerprint density at radius 2 is 2.13 bits per heavy atom. The first-order chi connectivity index (χ1) is 11.0. The number of benzene rings is 1. The highest BCUT2D eigenvalue weighted by Crippen LogP contribution is 2.43. The molecule has 4 N–H and O–H groups in total. The Kier molecular flexibility index (Phi) is 5.32. The van der Waals surface area contributed by atoms with Gasteiger partial charge in [-0.15, -0.1) is 0 Å². The lowest BCUT2D eigenvalue weighted by Gasteiger charge is -2.16. The SMILES string of the molecule is CC/C(N)=C\C1=C(C)c2ccc(NC)cc2C1COC(=O)NC. The van der Waals surface area contributed by atoms with Gasteiger partial charge in [-0.05, 0) is 53.8 Å². The molecule has 5 nitrogen and oxygen atoms in total. The van der Waals surface area contributed by atoms with Crippen LogP contribution in [0.5, 0.6) is 0 Å². The second-order valence-electron chi connectivity index (χ2n) is 5.61. The lowest BCUT2D eigenvalue weighted by atomic mass is 9.95. The van der Waals surface area contributed by atoms with Gasteiger partial charge in [0.05, 0.1) is 0 Å². The monoisotopic (exact) mass is 315 g/mol. The molecule has 0 heterocycles. The van der Waals surface area contributed by atoms with Gasteiger partial charge < -0.3 is 21.1 Å². The molecule has 0 fully saturated rings. The molecule has 1 atom stereocenters. The number of hydrogen-bond acceptors (Lipinski definition) is 4. The highest BCUT2D eigenvalue weighted by molar-refractivity contribution is 5.81. The normalized spacial score (nSPS) is 17.0. The van der Waals surface area contributed by atoms with Gasteiger partial charge in [-0.3, -0.25) is 0 Å². The average Bonchev–Trinajstić information content (AvgIpc) is 2.83. The molecule has 0 saturated heterocycles. The summed E-state index contributed by atoms with van der Waals surface area (Å²) in [6, 6.07) is 6.26. The number of allylic oxidation sites excluding steroid dienone is 3. The summed E-state index contributed by atoms with van der Waals surface area (Å²) in [4.78, 5) is 11.5. The third-order valence-electron chi connectivity index (χ3n) is 4.26. The Balaban J connectivity index is 2.42. The molecule has 124 valence electrons. The van der Waals surface area contributed by atoms with E-state index in [4.69, 9.17) is 10.5 Å². The topological polar surface area (TPSA) is 76.4 Å². The average molecular weight is 315 g/mol. The quantitative estimate of drug-likeness (QED) is 0.780. The highest BCUT2D eigenvalue weighted by Gasteiger charge is 2.29. The number of rotatable bonds is 5. The Bertz CT molecular complexity index is 662. The number of hydrogen-bond donors (Lipinski definition) is 3. The predicted octanol–water partition coefficient (Wildman–Crippen LogP) is 3.21. The van der Waals surface area contributed by atoms with Crippen molar-refractivity contribution in [3.8, 4) is 0 Å². The molecule has 1 unspecified atom stereocenters. The second kappa shape index (κ2) is 7.22. The van der Waals surface area contributed by atoms with E-state index >= 15 is 0 Å². The number of carbonyl (C=O) groups is 1. The van der Waals surface area contributed by atoms with Crippen LogP contribution in [0.25, 0.3) is 5.57 Å². The summed E-state index contributed by atoms with van der Waals surface area (Å²) in [5, 5.41) is 5.64. The Morgan fingerprint density at radius 3 is 2.74 bits per heavy atom. The van der Waals surface area contributed by atoms with Crippen molar-refractivity contribution >= 4 is 17.4 Å². The van der Waals surface area contributed by atoms with Crippen molar-refractivity contribution in [2.45, 2.75) is 26.2 Å². The van der Waals surface area contributed by atoms with Gasteiger partial charge >= 0.3 is 6.09 Å². The van der Waals surface area contributed by atoms with E-state index in [1.165, 1.54) is 11.1 Å². The van der Waals surface area contributed by atoms with Gasteiger partial charge in [-0.2, -0.15) is 0 Å². The fourth-order valence-electron chi connectivity index (χ4n) is 2.85. The van der Waals surface area contributed by atoms with Gasteiger partial charge in [0.2, 0.25) is 0 Å². The zero-order chi connectivity index (χ0) is 17.0. The molecule has 0 aromatic heterocycles. The van der Waals surface area contributed by atoms with Crippen LogP contribution >= 0.6 is 0 Å². The van der Waals surface area contributed by atoms with E-state index in [1.54, 1.807) is 7.05 Å². The molecule has 0 spiro atoms. The van der Waals surface area contributed by atoms with Crippen LogP contribution in [0.15, 0.2) is 35.5 Å². The van der Waals surface area contributed by atoms with Gasteiger partial charge in [0.25, 0.3) is 0 Å². The van der Waals surface area contributed by atoms with E-state index in [9.17, 15) is 4.79 Å². The number of alkyl carbamates (subject to hydrolysis) is 1. The molecule has 1 amide bonds. The van der Waals surface area contributed by atoms with Crippen molar-refractivity contribution in [1.82, 2.24) is 5.32 Å². The molecule has 0 saturated carbocycles. The van der Waals surface area contributed by atoms with Crippen molar-refractivity contribution in [3.05, 3.63) is 46.7 Å². The lowest BCUT2D eigenvalue weighted by molar-refractivity contribution is 0.145. The smallest absolute Gasteiger partial charge is 0.406 e. The third kappa shape index (κ3) is 3.50. The number of fused-ring (bicyclic) bond motifs is 1. The predicted molar refractivity (Wildman–Crippen MR) is 94.3 cm³/mol. The van der Waals surface area contributed by atoms with E-state index in [1.807, 2.05) is 20.0 Å². The Labute approximate surface area is 137 Å². The molecule has 0 aliphatic heterocycles. The summed E-state index contributed by atoms with van der Waals surface area (Å²) >= 11 is 0. The fourth-order valence-corrected chi connectivity index (χ4v) is 2.85. The number of ether oxygens (including phenoxy) is 1. The maximum Gasteiger partial charge on any atom is 0.406 e. The van der Waals surface area contributed by atoms with E-state index < -0.39 is 6.09 Å². The molecule has 0 bridgehead atoms. The first-order valence-electron chi connectivity index (χ1n) is 7.85.